The van der Waals surface area contributed by atoms with Crippen molar-refractivity contribution in [2.24, 2.45) is 0 Å². The first-order valence-corrected chi connectivity index (χ1v) is 8.41. The fourth-order valence-corrected chi connectivity index (χ4v) is 2.32. The van der Waals surface area contributed by atoms with Crippen LogP contribution in [0, 0.1) is 0 Å². The molecule has 0 amide bonds. The van der Waals surface area contributed by atoms with E-state index in [1.807, 2.05) is 38.1 Å². The van der Waals surface area contributed by atoms with Gasteiger partial charge in [0.05, 0.1) is 13.2 Å². The van der Waals surface area contributed by atoms with Gasteiger partial charge in [0.25, 0.3) is 0 Å². The number of benzene rings is 2. The molecule has 142 valence electrons. The number of carboxylic acid groups (broad SMARTS) is 1. The maximum Gasteiger partial charge on any atom is 0.341 e. The summed E-state index contributed by atoms with van der Waals surface area (Å²) in [6, 6.07) is 12.0. The highest BCUT2D eigenvalue weighted by Gasteiger charge is 2.11. The van der Waals surface area contributed by atoms with E-state index < -0.39 is 12.6 Å². The van der Waals surface area contributed by atoms with Gasteiger partial charge < -0.3 is 19.3 Å². The third-order valence-corrected chi connectivity index (χ3v) is 3.50. The predicted octanol–water partition coefficient (Wildman–Crippen LogP) is 3.84. The number of para-hydroxylation sites is 1. The van der Waals surface area contributed by atoms with E-state index in [0.29, 0.717) is 17.1 Å². The quantitative estimate of drug-likeness (QED) is 0.533. The van der Waals surface area contributed by atoms with Gasteiger partial charge in [-0.2, -0.15) is 0 Å². The van der Waals surface area contributed by atoms with Gasteiger partial charge in [0.1, 0.15) is 5.75 Å². The number of carbonyl (C=O) groups excluding carboxylic acids is 1. The summed E-state index contributed by atoms with van der Waals surface area (Å²) in [6.45, 7) is 3.38. The summed E-state index contributed by atoms with van der Waals surface area (Å²) in [5, 5.41) is 8.70. The van der Waals surface area contributed by atoms with Gasteiger partial charge in [0.15, 0.2) is 23.9 Å². The van der Waals surface area contributed by atoms with E-state index in [1.165, 1.54) is 25.3 Å². The van der Waals surface area contributed by atoms with Crippen LogP contribution < -0.4 is 14.2 Å². The number of allylic oxidation sites excluding steroid dienone is 1. The highest BCUT2D eigenvalue weighted by atomic mass is 16.5. The molecule has 0 spiro atoms. The molecule has 0 heterocycles. The van der Waals surface area contributed by atoms with Gasteiger partial charge in [0.2, 0.25) is 0 Å². The number of methoxy groups -OCH3 is 1. The molecule has 0 aliphatic rings. The monoisotopic (exact) mass is 370 g/mol. The summed E-state index contributed by atoms with van der Waals surface area (Å²) in [7, 11) is 1.42. The molecule has 0 atom stereocenters. The lowest BCUT2D eigenvalue weighted by Gasteiger charge is -2.12. The fraction of sp³-hybridized carbons (Fsp3) is 0.238. The largest absolute Gasteiger partial charge is 0.493 e. The second-order valence-electron chi connectivity index (χ2n) is 5.95. The van der Waals surface area contributed by atoms with Gasteiger partial charge in [-0.05, 0) is 50.3 Å². The van der Waals surface area contributed by atoms with Gasteiger partial charge in [-0.15, -0.1) is 0 Å². The van der Waals surface area contributed by atoms with Crippen molar-refractivity contribution in [3.63, 3.8) is 0 Å². The van der Waals surface area contributed by atoms with Crippen molar-refractivity contribution in [3.05, 3.63) is 59.7 Å². The average Bonchev–Trinajstić information content (AvgIpc) is 2.64. The first-order chi connectivity index (χ1) is 12.9. The molecule has 1 N–H and O–H groups in total. The Kier molecular flexibility index (Phi) is 7.00. The second-order valence-corrected chi connectivity index (χ2v) is 5.95. The number of carbonyl (C=O) groups is 2. The van der Waals surface area contributed by atoms with Gasteiger partial charge >= 0.3 is 5.97 Å². The zero-order valence-corrected chi connectivity index (χ0v) is 15.5. The SMILES string of the molecule is COc1cc(C(=O)/C=C/c2ccccc2OC(C)C)ccc1OCC(=O)O. The number of ketones is 1. The van der Waals surface area contributed by atoms with E-state index in [0.717, 1.165) is 5.56 Å². The van der Waals surface area contributed by atoms with Crippen molar-refractivity contribution in [3.8, 4) is 17.2 Å². The second kappa shape index (κ2) is 9.43. The van der Waals surface area contributed by atoms with Crippen LogP contribution in [0.2, 0.25) is 0 Å². The Balaban J connectivity index is 2.18. The molecule has 6 nitrogen and oxygen atoms in total. The number of hydrogen-bond acceptors (Lipinski definition) is 5. The van der Waals surface area contributed by atoms with Gasteiger partial charge in [-0.1, -0.05) is 18.2 Å². The maximum absolute atomic E-state index is 12.5. The zero-order chi connectivity index (χ0) is 19.8. The molecule has 2 aromatic carbocycles. The molecular formula is C21H22O6. The summed E-state index contributed by atoms with van der Waals surface area (Å²) in [6.07, 6.45) is 3.18. The minimum Gasteiger partial charge on any atom is -0.493 e. The number of ether oxygens (including phenoxy) is 3. The number of rotatable bonds is 9. The Morgan fingerprint density at radius 2 is 1.81 bits per heavy atom. The molecule has 0 fully saturated rings. The van der Waals surface area contributed by atoms with E-state index in [1.54, 1.807) is 12.1 Å². The predicted molar refractivity (Wildman–Crippen MR) is 102 cm³/mol. The van der Waals surface area contributed by atoms with Crippen LogP contribution in [0.4, 0.5) is 0 Å². The first kappa shape index (κ1) is 20.0. The van der Waals surface area contributed by atoms with Gasteiger partial charge in [-0.25, -0.2) is 4.79 Å². The molecule has 0 aliphatic heterocycles. The molecule has 0 saturated carbocycles. The Morgan fingerprint density at radius 3 is 2.48 bits per heavy atom. The number of aliphatic carboxylic acids is 1. The Labute approximate surface area is 158 Å². The van der Waals surface area contributed by atoms with Crippen LogP contribution in [0.15, 0.2) is 48.5 Å². The smallest absolute Gasteiger partial charge is 0.341 e. The van der Waals surface area contributed by atoms with E-state index in [9.17, 15) is 9.59 Å². The minimum absolute atomic E-state index is 0.0258. The normalized spacial score (nSPS) is 10.8. The maximum atomic E-state index is 12.5. The fourth-order valence-electron chi connectivity index (χ4n) is 2.32. The van der Waals surface area contributed by atoms with E-state index in [-0.39, 0.29) is 17.6 Å². The Bertz CT molecular complexity index is 838. The first-order valence-electron chi connectivity index (χ1n) is 8.41. The van der Waals surface area contributed by atoms with E-state index in [2.05, 4.69) is 0 Å². The molecule has 0 aromatic heterocycles. The zero-order valence-electron chi connectivity index (χ0n) is 15.5. The lowest BCUT2D eigenvalue weighted by molar-refractivity contribution is -0.139. The number of hydrogen-bond donors (Lipinski definition) is 1. The highest BCUT2D eigenvalue weighted by Crippen LogP contribution is 2.28. The van der Waals surface area contributed by atoms with Crippen LogP contribution in [-0.2, 0) is 4.79 Å². The summed E-state index contributed by atoms with van der Waals surface area (Å²) in [5.74, 6) is -0.0680. The molecule has 0 aliphatic carbocycles. The van der Waals surface area contributed by atoms with Crippen LogP contribution in [0.5, 0.6) is 17.2 Å². The summed E-state index contributed by atoms with van der Waals surface area (Å²) >= 11 is 0. The minimum atomic E-state index is -1.09. The molecule has 6 heteroatoms. The summed E-state index contributed by atoms with van der Waals surface area (Å²) in [5.41, 5.74) is 1.20. The van der Waals surface area contributed by atoms with Gasteiger partial charge in [-0.3, -0.25) is 4.79 Å². The van der Waals surface area contributed by atoms with Gasteiger partial charge in [0, 0.05) is 11.1 Å². The molecule has 2 rings (SSSR count). The van der Waals surface area contributed by atoms with Crippen LogP contribution in [0.25, 0.3) is 6.08 Å². The lowest BCUT2D eigenvalue weighted by Crippen LogP contribution is -2.10. The van der Waals surface area contributed by atoms with E-state index >= 15 is 0 Å². The number of carboxylic acids is 1. The Morgan fingerprint density at radius 1 is 1.07 bits per heavy atom. The standard InChI is InChI=1S/C21H22O6/c1-14(2)27-18-7-5-4-6-15(18)8-10-17(22)16-9-11-19(20(12-16)25-3)26-13-21(23)24/h4-12,14H,13H2,1-3H3,(H,23,24)/b10-8+. The van der Waals surface area contributed by atoms with Crippen molar-refractivity contribution < 1.29 is 28.9 Å². The van der Waals surface area contributed by atoms with Crippen molar-refractivity contribution in [1.29, 1.82) is 0 Å². The third kappa shape index (κ3) is 5.88. The van der Waals surface area contributed by atoms with Crippen LogP contribution >= 0.6 is 0 Å². The topological polar surface area (TPSA) is 82.1 Å². The van der Waals surface area contributed by atoms with Crippen molar-refractivity contribution in [2.45, 2.75) is 20.0 Å². The van der Waals surface area contributed by atoms with Crippen LogP contribution in [0.3, 0.4) is 0 Å². The van der Waals surface area contributed by atoms with Crippen LogP contribution in [-0.4, -0.2) is 36.7 Å². The molecule has 0 unspecified atom stereocenters. The highest BCUT2D eigenvalue weighted by molar-refractivity contribution is 6.07. The molecule has 27 heavy (non-hydrogen) atoms. The molecule has 0 radical (unpaired) electrons. The van der Waals surface area contributed by atoms with E-state index in [4.69, 9.17) is 19.3 Å². The van der Waals surface area contributed by atoms with Crippen molar-refractivity contribution in [2.75, 3.05) is 13.7 Å². The van der Waals surface area contributed by atoms with Crippen molar-refractivity contribution in [1.82, 2.24) is 0 Å². The van der Waals surface area contributed by atoms with Crippen molar-refractivity contribution >= 4 is 17.8 Å². The molecule has 2 aromatic rings. The average molecular weight is 370 g/mol. The van der Waals surface area contributed by atoms with Crippen LogP contribution in [0.1, 0.15) is 29.8 Å². The summed E-state index contributed by atoms with van der Waals surface area (Å²) in [4.78, 5) is 23.1. The lowest BCUT2D eigenvalue weighted by atomic mass is 10.1. The molecule has 0 saturated heterocycles. The third-order valence-electron chi connectivity index (χ3n) is 3.50. The molecular weight excluding hydrogens is 348 g/mol. The summed E-state index contributed by atoms with van der Waals surface area (Å²) < 4.78 is 16.1. The Hall–Kier alpha value is -3.28. The molecule has 0 bridgehead atoms.